The normalized spacial score (nSPS) is 10.2. The minimum atomic E-state index is -0.395. The molecular formula is C16H17FN2O2. The number of carbonyl (C=O) groups is 1. The molecule has 0 aliphatic rings. The minimum absolute atomic E-state index is 0.0411. The van der Waals surface area contributed by atoms with Crippen LogP contribution in [0.15, 0.2) is 42.5 Å². The number of halogens is 1. The van der Waals surface area contributed by atoms with Gasteiger partial charge in [-0.1, -0.05) is 13.0 Å². The van der Waals surface area contributed by atoms with Crippen LogP contribution in [0.4, 0.5) is 15.8 Å². The number of aromatic hydroxyl groups is 1. The standard InChI is InChI=1S/C16H17FN2O2/c1-2-16(21)19-14-5-3-4-13(9-14)18-10-11-8-12(17)6-7-15(11)20/h3-9,18,20H,2,10H2,1H3,(H,19,21). The minimum Gasteiger partial charge on any atom is -0.508 e. The van der Waals surface area contributed by atoms with Gasteiger partial charge in [0, 0.05) is 29.9 Å². The maximum Gasteiger partial charge on any atom is 0.224 e. The molecule has 0 saturated heterocycles. The van der Waals surface area contributed by atoms with Crippen LogP contribution < -0.4 is 10.6 Å². The summed E-state index contributed by atoms with van der Waals surface area (Å²) in [6.07, 6.45) is 0.412. The lowest BCUT2D eigenvalue weighted by Gasteiger charge is -2.10. The highest BCUT2D eigenvalue weighted by molar-refractivity contribution is 5.90. The number of phenols is 1. The van der Waals surface area contributed by atoms with Crippen LogP contribution in [0.1, 0.15) is 18.9 Å². The monoisotopic (exact) mass is 288 g/mol. The number of benzene rings is 2. The Morgan fingerprint density at radius 3 is 2.71 bits per heavy atom. The van der Waals surface area contributed by atoms with Crippen molar-refractivity contribution in [2.75, 3.05) is 10.6 Å². The Kier molecular flexibility index (Phi) is 4.77. The van der Waals surface area contributed by atoms with Crippen LogP contribution in [0.25, 0.3) is 0 Å². The highest BCUT2D eigenvalue weighted by Crippen LogP contribution is 2.21. The Morgan fingerprint density at radius 2 is 1.95 bits per heavy atom. The fourth-order valence-corrected chi connectivity index (χ4v) is 1.85. The first-order valence-corrected chi connectivity index (χ1v) is 6.69. The lowest BCUT2D eigenvalue weighted by atomic mass is 10.2. The quantitative estimate of drug-likeness (QED) is 0.789. The maximum atomic E-state index is 13.1. The molecule has 2 aromatic rings. The molecule has 0 saturated carbocycles. The Morgan fingerprint density at radius 1 is 1.19 bits per heavy atom. The molecule has 2 aromatic carbocycles. The van der Waals surface area contributed by atoms with E-state index in [2.05, 4.69) is 10.6 Å². The molecule has 0 bridgehead atoms. The van der Waals surface area contributed by atoms with Gasteiger partial charge in [0.2, 0.25) is 5.91 Å². The van der Waals surface area contributed by atoms with Gasteiger partial charge in [-0.05, 0) is 36.4 Å². The molecular weight excluding hydrogens is 271 g/mol. The first-order valence-electron chi connectivity index (χ1n) is 6.69. The van der Waals surface area contributed by atoms with Gasteiger partial charge in [0.1, 0.15) is 11.6 Å². The van der Waals surface area contributed by atoms with Crippen LogP contribution in [-0.4, -0.2) is 11.0 Å². The SMILES string of the molecule is CCC(=O)Nc1cccc(NCc2cc(F)ccc2O)c1. The second kappa shape index (κ2) is 6.74. The van der Waals surface area contributed by atoms with Crippen LogP contribution in [0.5, 0.6) is 5.75 Å². The molecule has 5 heteroatoms. The third-order valence-electron chi connectivity index (χ3n) is 2.99. The Bertz CT molecular complexity index is 644. The van der Waals surface area contributed by atoms with Gasteiger partial charge in [0.15, 0.2) is 0 Å². The summed E-state index contributed by atoms with van der Waals surface area (Å²) in [4.78, 5) is 11.3. The van der Waals surface area contributed by atoms with Gasteiger partial charge in [0.05, 0.1) is 0 Å². The van der Waals surface area contributed by atoms with Gasteiger partial charge < -0.3 is 15.7 Å². The average Bonchev–Trinajstić information content (AvgIpc) is 2.48. The molecule has 1 amide bonds. The lowest BCUT2D eigenvalue weighted by Crippen LogP contribution is -2.09. The van der Waals surface area contributed by atoms with E-state index in [1.54, 1.807) is 25.1 Å². The number of carbonyl (C=O) groups excluding carboxylic acids is 1. The zero-order valence-corrected chi connectivity index (χ0v) is 11.7. The van der Waals surface area contributed by atoms with E-state index >= 15 is 0 Å². The predicted octanol–water partition coefficient (Wildman–Crippen LogP) is 3.49. The highest BCUT2D eigenvalue weighted by Gasteiger charge is 2.04. The summed E-state index contributed by atoms with van der Waals surface area (Å²) in [5.41, 5.74) is 1.93. The number of phenolic OH excluding ortho intramolecular Hbond substituents is 1. The highest BCUT2D eigenvalue weighted by atomic mass is 19.1. The average molecular weight is 288 g/mol. The van der Waals surface area contributed by atoms with Crippen molar-refractivity contribution in [2.45, 2.75) is 19.9 Å². The summed E-state index contributed by atoms with van der Waals surface area (Å²) in [5.74, 6) is -0.414. The van der Waals surface area contributed by atoms with E-state index in [0.29, 0.717) is 17.7 Å². The van der Waals surface area contributed by atoms with Gasteiger partial charge in [-0.15, -0.1) is 0 Å². The molecule has 0 fully saturated rings. The smallest absolute Gasteiger partial charge is 0.224 e. The number of amides is 1. The van der Waals surface area contributed by atoms with E-state index in [-0.39, 0.29) is 18.2 Å². The van der Waals surface area contributed by atoms with Gasteiger partial charge in [0.25, 0.3) is 0 Å². The molecule has 110 valence electrons. The molecule has 0 aromatic heterocycles. The Balaban J connectivity index is 2.04. The fourth-order valence-electron chi connectivity index (χ4n) is 1.85. The zero-order chi connectivity index (χ0) is 15.2. The second-order valence-corrected chi connectivity index (χ2v) is 4.61. The van der Waals surface area contributed by atoms with E-state index in [1.165, 1.54) is 18.2 Å². The number of nitrogens with one attached hydrogen (secondary N) is 2. The topological polar surface area (TPSA) is 61.4 Å². The van der Waals surface area contributed by atoms with Crippen LogP contribution in [0.2, 0.25) is 0 Å². The number of hydrogen-bond donors (Lipinski definition) is 3. The van der Waals surface area contributed by atoms with Crippen LogP contribution in [-0.2, 0) is 11.3 Å². The third kappa shape index (κ3) is 4.21. The number of rotatable bonds is 5. The van der Waals surface area contributed by atoms with Gasteiger partial charge >= 0.3 is 0 Å². The molecule has 0 atom stereocenters. The van der Waals surface area contributed by atoms with Gasteiger partial charge in [-0.25, -0.2) is 4.39 Å². The van der Waals surface area contributed by atoms with Crippen LogP contribution in [0, 0.1) is 5.82 Å². The first-order chi connectivity index (χ1) is 10.1. The van der Waals surface area contributed by atoms with Crippen molar-refractivity contribution in [1.82, 2.24) is 0 Å². The summed E-state index contributed by atoms with van der Waals surface area (Å²) in [7, 11) is 0. The van der Waals surface area contributed by atoms with Crippen molar-refractivity contribution in [1.29, 1.82) is 0 Å². The van der Waals surface area contributed by atoms with Crippen LogP contribution >= 0.6 is 0 Å². The van der Waals surface area contributed by atoms with E-state index in [1.807, 2.05) is 6.07 Å². The van der Waals surface area contributed by atoms with Gasteiger partial charge in [-0.3, -0.25) is 4.79 Å². The van der Waals surface area contributed by atoms with Crippen molar-refractivity contribution in [2.24, 2.45) is 0 Å². The molecule has 0 aliphatic carbocycles. The second-order valence-electron chi connectivity index (χ2n) is 4.61. The first kappa shape index (κ1) is 14.8. The summed E-state index contributed by atoms with van der Waals surface area (Å²) >= 11 is 0. The largest absolute Gasteiger partial charge is 0.508 e. The predicted molar refractivity (Wildman–Crippen MR) is 80.8 cm³/mol. The number of hydrogen-bond acceptors (Lipinski definition) is 3. The molecule has 0 spiro atoms. The molecule has 21 heavy (non-hydrogen) atoms. The Labute approximate surface area is 122 Å². The van der Waals surface area contributed by atoms with Crippen molar-refractivity contribution in [3.8, 4) is 5.75 Å². The maximum absolute atomic E-state index is 13.1. The molecule has 3 N–H and O–H groups in total. The van der Waals surface area contributed by atoms with E-state index in [0.717, 1.165) is 5.69 Å². The number of anilines is 2. The van der Waals surface area contributed by atoms with Crippen LogP contribution in [0.3, 0.4) is 0 Å². The molecule has 0 unspecified atom stereocenters. The molecule has 2 rings (SSSR count). The van der Waals surface area contributed by atoms with E-state index in [4.69, 9.17) is 0 Å². The fraction of sp³-hybridized carbons (Fsp3) is 0.188. The van der Waals surface area contributed by atoms with Crippen molar-refractivity contribution >= 4 is 17.3 Å². The van der Waals surface area contributed by atoms with Gasteiger partial charge in [-0.2, -0.15) is 0 Å². The summed E-state index contributed by atoms with van der Waals surface area (Å²) < 4.78 is 13.1. The molecule has 4 nitrogen and oxygen atoms in total. The van der Waals surface area contributed by atoms with Crippen molar-refractivity contribution in [3.05, 3.63) is 53.8 Å². The van der Waals surface area contributed by atoms with Crippen molar-refractivity contribution in [3.63, 3.8) is 0 Å². The summed E-state index contributed by atoms with van der Waals surface area (Å²) in [6.45, 7) is 2.07. The summed E-state index contributed by atoms with van der Waals surface area (Å²) in [5, 5.41) is 15.5. The molecule has 0 aliphatic heterocycles. The van der Waals surface area contributed by atoms with E-state index in [9.17, 15) is 14.3 Å². The third-order valence-corrected chi connectivity index (χ3v) is 2.99. The van der Waals surface area contributed by atoms with Crippen molar-refractivity contribution < 1.29 is 14.3 Å². The molecule has 0 radical (unpaired) electrons. The van der Waals surface area contributed by atoms with E-state index < -0.39 is 5.82 Å². The lowest BCUT2D eigenvalue weighted by molar-refractivity contribution is -0.115. The Hall–Kier alpha value is -2.56. The zero-order valence-electron chi connectivity index (χ0n) is 11.7. The summed E-state index contributed by atoms with van der Waals surface area (Å²) in [6, 6.07) is 11.0. The molecule has 0 heterocycles.